The van der Waals surface area contributed by atoms with Gasteiger partial charge in [-0.05, 0) is 119 Å². The summed E-state index contributed by atoms with van der Waals surface area (Å²) in [6.45, 7) is 0. The van der Waals surface area contributed by atoms with Gasteiger partial charge < -0.3 is 49.3 Å². The Balaban J connectivity index is 0.00000642. The Hall–Kier alpha value is -8.92. The van der Waals surface area contributed by atoms with Crippen molar-refractivity contribution in [2.45, 2.75) is 0 Å². The number of methoxy groups -OCH3 is 4. The molecule has 0 atom stereocenters. The fraction of sp³-hybridized carbons (Fsp3) is 0.0769. The Kier molecular flexibility index (Phi) is 12.7. The van der Waals surface area contributed by atoms with Crippen molar-refractivity contribution in [1.29, 1.82) is 0 Å². The van der Waals surface area contributed by atoms with Crippen molar-refractivity contribution in [3.63, 3.8) is 0 Å². The maximum Gasteiger partial charge on any atom is 2.00 e. The Morgan fingerprint density at radius 3 is 0.783 bits per heavy atom. The Morgan fingerprint density at radius 2 is 0.594 bits per heavy atom. The van der Waals surface area contributed by atoms with E-state index < -0.39 is 23.9 Å². The zero-order valence-corrected chi connectivity index (χ0v) is 37.9. The molecule has 8 bridgehead atoms. The van der Waals surface area contributed by atoms with Gasteiger partial charge in [0.15, 0.2) is 0 Å². The van der Waals surface area contributed by atoms with Crippen molar-refractivity contribution in [2.24, 2.45) is 0 Å². The fourth-order valence-electron chi connectivity index (χ4n) is 8.31. The molecule has 3 aromatic heterocycles. The van der Waals surface area contributed by atoms with Crippen LogP contribution in [-0.4, -0.2) is 82.7 Å². The predicted octanol–water partition coefficient (Wildman–Crippen LogP) is 9.41. The van der Waals surface area contributed by atoms with E-state index in [-0.39, 0.29) is 62.3 Å². The summed E-state index contributed by atoms with van der Waals surface area (Å²) < 4.78 is 23.2. The number of rotatable bonds is 12. The minimum absolute atomic E-state index is 0. The number of hydrogen-bond acceptors (Lipinski definition) is 10. The van der Waals surface area contributed by atoms with Gasteiger partial charge in [0.1, 0.15) is 23.0 Å². The van der Waals surface area contributed by atoms with Crippen molar-refractivity contribution < 1.29 is 75.6 Å². The van der Waals surface area contributed by atoms with Gasteiger partial charge in [-0.1, -0.05) is 24.3 Å². The normalized spacial score (nSPS) is 11.4. The van der Waals surface area contributed by atoms with Crippen LogP contribution in [0.3, 0.4) is 0 Å². The molecule has 0 saturated heterocycles. The molecular formula is C52H36MnN4O12. The van der Waals surface area contributed by atoms with Crippen molar-refractivity contribution in [2.75, 3.05) is 28.4 Å². The first kappa shape index (κ1) is 46.6. The maximum atomic E-state index is 12.1. The van der Waals surface area contributed by atoms with Crippen LogP contribution in [0, 0.1) is 0 Å². The summed E-state index contributed by atoms with van der Waals surface area (Å²) in [6, 6.07) is 24.9. The van der Waals surface area contributed by atoms with Gasteiger partial charge in [-0.25, -0.2) is 29.1 Å². The van der Waals surface area contributed by atoms with Crippen LogP contribution >= 0.6 is 0 Å². The molecule has 343 valence electrons. The van der Waals surface area contributed by atoms with Crippen molar-refractivity contribution in [3.05, 3.63) is 142 Å². The summed E-state index contributed by atoms with van der Waals surface area (Å²) in [5, 5.41) is 39.7. The van der Waals surface area contributed by atoms with E-state index in [9.17, 15) is 39.6 Å². The molecule has 4 aromatic carbocycles. The SMILES string of the molecule is COc1cc(C(=O)O)ccc1-c1c2nc(c(-c3ccc(C(=O)O)cc3OC)c3ccc([n-]3)c(-c3ccc(C(=O)O)cc3OC)c3nc(c(-c4ccc(C(=O)O)cc4OC)c4ccc1[n-]4)C=C3)C=C2.[Mn+2]. The molecule has 1 radical (unpaired) electrons. The smallest absolute Gasteiger partial charge is 0.657 e. The first-order valence-electron chi connectivity index (χ1n) is 20.5. The largest absolute Gasteiger partial charge is 2.00 e. The topological polar surface area (TPSA) is 240 Å². The van der Waals surface area contributed by atoms with E-state index in [0.29, 0.717) is 89.4 Å². The molecule has 69 heavy (non-hydrogen) atoms. The Bertz CT molecular complexity index is 3100. The summed E-state index contributed by atoms with van der Waals surface area (Å²) >= 11 is 0. The van der Waals surface area contributed by atoms with E-state index >= 15 is 0 Å². The molecule has 2 aliphatic rings. The number of carboxylic acid groups (broad SMARTS) is 4. The maximum absolute atomic E-state index is 12.1. The summed E-state index contributed by atoms with van der Waals surface area (Å²) in [4.78, 5) is 69.3. The molecule has 0 spiro atoms. The molecule has 17 heteroatoms. The molecule has 0 amide bonds. The average Bonchev–Trinajstić information content (AvgIpc) is 4.20. The van der Waals surface area contributed by atoms with Crippen molar-refractivity contribution >= 4 is 70.2 Å². The average molecular weight is 964 g/mol. The molecule has 0 unspecified atom stereocenters. The van der Waals surface area contributed by atoms with Crippen LogP contribution < -0.4 is 28.9 Å². The molecular weight excluding hydrogens is 928 g/mol. The number of nitrogens with zero attached hydrogens (tertiary/aromatic N) is 4. The van der Waals surface area contributed by atoms with Gasteiger partial charge in [-0.3, -0.25) is 0 Å². The number of aromatic carboxylic acids is 4. The first-order valence-corrected chi connectivity index (χ1v) is 20.5. The minimum Gasteiger partial charge on any atom is -0.657 e. The van der Waals surface area contributed by atoms with E-state index in [2.05, 4.69) is 0 Å². The predicted molar refractivity (Wildman–Crippen MR) is 253 cm³/mol. The van der Waals surface area contributed by atoms with Crippen molar-refractivity contribution in [1.82, 2.24) is 19.9 Å². The van der Waals surface area contributed by atoms with E-state index in [1.807, 2.05) is 0 Å². The number of benzene rings is 4. The van der Waals surface area contributed by atoms with Crippen LogP contribution in [0.15, 0.2) is 97.1 Å². The quantitative estimate of drug-likeness (QED) is 0.0834. The number of carbonyl (C=O) groups is 4. The number of ether oxygens (including phenoxy) is 4. The third-order valence-electron chi connectivity index (χ3n) is 11.5. The minimum atomic E-state index is -1.16. The molecule has 9 rings (SSSR count). The fourth-order valence-corrected chi connectivity index (χ4v) is 8.31. The Labute approximate surface area is 402 Å². The van der Waals surface area contributed by atoms with Gasteiger partial charge in [0, 0.05) is 22.3 Å². The van der Waals surface area contributed by atoms with Gasteiger partial charge in [-0.2, -0.15) is 0 Å². The van der Waals surface area contributed by atoms with Gasteiger partial charge in [0.05, 0.1) is 73.5 Å². The van der Waals surface area contributed by atoms with Crippen LogP contribution in [0.4, 0.5) is 0 Å². The second-order valence-corrected chi connectivity index (χ2v) is 15.2. The van der Waals surface area contributed by atoms with Gasteiger partial charge in [-0.15, -0.1) is 22.1 Å². The molecule has 0 saturated carbocycles. The monoisotopic (exact) mass is 963 g/mol. The summed E-state index contributed by atoms with van der Waals surface area (Å²) in [7, 11) is 5.69. The van der Waals surface area contributed by atoms with Crippen LogP contribution in [0.1, 0.15) is 64.2 Å². The third-order valence-corrected chi connectivity index (χ3v) is 11.5. The standard InChI is InChI=1S/C52H38N4O12.Mn/c1-65-41-21-25(49(57)58)5-9-29(41)45-33-13-15-35(53-33)46(30-10-6-26(50(59)60)22-42(30)66-2)37-17-19-39(55-37)48(32-12-8-28(52(63)64)24-44(32)68-4)40-20-18-38(56-40)47(36-16-14-34(45)54-36)31-11-7-27(51(61)62)23-43(31)67-3;/h5-24H,1-4H3,(H6,53,54,55,56,57,58,59,60,61,62,63,64);/q;+2/p-2. The number of fused-ring (bicyclic) bond motifs is 8. The number of aromatic nitrogens is 4. The van der Waals surface area contributed by atoms with Crippen LogP contribution in [0.5, 0.6) is 23.0 Å². The van der Waals surface area contributed by atoms with Crippen molar-refractivity contribution in [3.8, 4) is 67.5 Å². The molecule has 4 N–H and O–H groups in total. The van der Waals surface area contributed by atoms with Crippen LogP contribution in [0.2, 0.25) is 0 Å². The van der Waals surface area contributed by atoms with Crippen LogP contribution in [-0.2, 0) is 17.1 Å². The molecule has 5 heterocycles. The van der Waals surface area contributed by atoms with E-state index in [0.717, 1.165) is 0 Å². The molecule has 2 aliphatic heterocycles. The second kappa shape index (κ2) is 18.8. The van der Waals surface area contributed by atoms with E-state index in [1.165, 1.54) is 77.0 Å². The summed E-state index contributed by atoms with van der Waals surface area (Å²) in [5.74, 6) is -3.79. The second-order valence-electron chi connectivity index (χ2n) is 15.2. The summed E-state index contributed by atoms with van der Waals surface area (Å²) in [6.07, 6.45) is 7.05. The first-order chi connectivity index (χ1) is 32.8. The zero-order valence-electron chi connectivity index (χ0n) is 36.8. The Morgan fingerprint density at radius 1 is 0.377 bits per heavy atom. The third kappa shape index (κ3) is 8.43. The van der Waals surface area contributed by atoms with Crippen LogP contribution in [0.25, 0.3) is 90.9 Å². The van der Waals surface area contributed by atoms with Gasteiger partial charge in [0.25, 0.3) is 0 Å². The molecule has 0 fully saturated rings. The zero-order chi connectivity index (χ0) is 48.0. The number of hydrogen-bond donors (Lipinski definition) is 4. The molecule has 0 aliphatic carbocycles. The van der Waals surface area contributed by atoms with E-state index in [1.54, 1.807) is 72.8 Å². The molecule has 7 aromatic rings. The molecule has 16 nitrogen and oxygen atoms in total. The van der Waals surface area contributed by atoms with Gasteiger partial charge >= 0.3 is 40.9 Å². The van der Waals surface area contributed by atoms with Gasteiger partial charge in [0.2, 0.25) is 0 Å². The number of carboxylic acids is 4. The summed E-state index contributed by atoms with van der Waals surface area (Å²) in [5.41, 5.74) is 6.61. The van der Waals surface area contributed by atoms with E-state index in [4.69, 9.17) is 38.9 Å².